The molecule has 0 bridgehead atoms. The lowest BCUT2D eigenvalue weighted by atomic mass is 9.94. The van der Waals surface area contributed by atoms with Crippen LogP contribution in [0.25, 0.3) is 0 Å². The van der Waals surface area contributed by atoms with E-state index in [1.165, 1.54) is 0 Å². The molecule has 1 aliphatic heterocycles. The Labute approximate surface area is 171 Å². The topological polar surface area (TPSA) is 66.5 Å². The molecule has 28 heavy (non-hydrogen) atoms. The highest BCUT2D eigenvalue weighted by atomic mass is 32.1. The minimum absolute atomic E-state index is 0.0274. The third kappa shape index (κ3) is 4.78. The lowest BCUT2D eigenvalue weighted by Gasteiger charge is -2.33. The van der Waals surface area contributed by atoms with Gasteiger partial charge in [0.05, 0.1) is 18.8 Å². The highest BCUT2D eigenvalue weighted by Gasteiger charge is 2.28. The first kappa shape index (κ1) is 20.1. The summed E-state index contributed by atoms with van der Waals surface area (Å²) in [5, 5.41) is 6.95. The minimum Gasteiger partial charge on any atom is -0.497 e. The highest BCUT2D eigenvalue weighted by Crippen LogP contribution is 2.25. The maximum absolute atomic E-state index is 13.0. The Kier molecular flexibility index (Phi) is 6.81. The summed E-state index contributed by atoms with van der Waals surface area (Å²) < 4.78 is 5.25. The number of piperidine rings is 1. The molecule has 7 heteroatoms. The van der Waals surface area contributed by atoms with E-state index in [0.717, 1.165) is 48.1 Å². The summed E-state index contributed by atoms with van der Waals surface area (Å²) in [6.45, 7) is 1.57. The van der Waals surface area contributed by atoms with Crippen LogP contribution in [0.3, 0.4) is 0 Å². The number of carbonyl (C=O) groups is 1. The molecule has 6 nitrogen and oxygen atoms in total. The van der Waals surface area contributed by atoms with Crippen molar-refractivity contribution in [3.05, 3.63) is 59.9 Å². The predicted octanol–water partition coefficient (Wildman–Crippen LogP) is 2.51. The summed E-state index contributed by atoms with van der Waals surface area (Å²) >= 11 is 5.29. The summed E-state index contributed by atoms with van der Waals surface area (Å²) in [6.07, 6.45) is 3.31. The molecule has 2 aromatic rings. The molecule has 0 spiro atoms. The predicted molar refractivity (Wildman–Crippen MR) is 113 cm³/mol. The van der Waals surface area contributed by atoms with E-state index < -0.39 is 0 Å². The third-order valence-corrected chi connectivity index (χ3v) is 5.55. The molecule has 1 aliphatic rings. The number of benzene rings is 1. The molecule has 1 aromatic carbocycles. The van der Waals surface area contributed by atoms with E-state index in [9.17, 15) is 4.79 Å². The average molecular weight is 399 g/mol. The Morgan fingerprint density at radius 1 is 1.21 bits per heavy atom. The van der Waals surface area contributed by atoms with Crippen LogP contribution < -0.4 is 15.4 Å². The van der Waals surface area contributed by atoms with Crippen LogP contribution >= 0.6 is 12.2 Å². The maximum Gasteiger partial charge on any atom is 0.224 e. The fraction of sp³-hybridized carbons (Fsp3) is 0.381. The molecule has 1 fully saturated rings. The van der Waals surface area contributed by atoms with Crippen LogP contribution in [0, 0.1) is 5.92 Å². The number of rotatable bonds is 5. The molecule has 0 aliphatic carbocycles. The molecule has 1 unspecified atom stereocenters. The van der Waals surface area contributed by atoms with Crippen molar-refractivity contribution in [2.75, 3.05) is 27.2 Å². The van der Waals surface area contributed by atoms with Gasteiger partial charge in [-0.2, -0.15) is 0 Å². The van der Waals surface area contributed by atoms with Gasteiger partial charge in [-0.05, 0) is 54.9 Å². The summed E-state index contributed by atoms with van der Waals surface area (Å²) in [6, 6.07) is 13.2. The van der Waals surface area contributed by atoms with E-state index >= 15 is 0 Å². The van der Waals surface area contributed by atoms with Gasteiger partial charge in [0.1, 0.15) is 5.75 Å². The van der Waals surface area contributed by atoms with Gasteiger partial charge >= 0.3 is 0 Å². The Morgan fingerprint density at radius 2 is 1.93 bits per heavy atom. The average Bonchev–Trinajstić information content (AvgIpc) is 2.77. The van der Waals surface area contributed by atoms with Crippen LogP contribution in [0.5, 0.6) is 5.75 Å². The fourth-order valence-electron chi connectivity index (χ4n) is 3.43. The zero-order valence-electron chi connectivity index (χ0n) is 16.2. The second-order valence-corrected chi connectivity index (χ2v) is 7.17. The smallest absolute Gasteiger partial charge is 0.224 e. The molecule has 1 amide bonds. The quantitative estimate of drug-likeness (QED) is 0.755. The number of hydrogen-bond acceptors (Lipinski definition) is 4. The molecule has 1 aromatic heterocycles. The lowest BCUT2D eigenvalue weighted by molar-refractivity contribution is -0.126. The van der Waals surface area contributed by atoms with Crippen LogP contribution in [0.2, 0.25) is 0 Å². The first-order valence-corrected chi connectivity index (χ1v) is 9.85. The van der Waals surface area contributed by atoms with Crippen molar-refractivity contribution in [1.82, 2.24) is 20.5 Å². The van der Waals surface area contributed by atoms with Crippen LogP contribution in [0.4, 0.5) is 0 Å². The fourth-order valence-corrected chi connectivity index (χ4v) is 3.62. The van der Waals surface area contributed by atoms with Gasteiger partial charge in [0.2, 0.25) is 5.91 Å². The number of ether oxygens (including phenoxy) is 1. The normalized spacial score (nSPS) is 15.6. The Balaban J connectivity index is 1.73. The van der Waals surface area contributed by atoms with Gasteiger partial charge in [-0.25, -0.2) is 0 Å². The lowest BCUT2D eigenvalue weighted by Crippen LogP contribution is -2.46. The van der Waals surface area contributed by atoms with Crippen molar-refractivity contribution in [1.29, 1.82) is 0 Å². The third-order valence-electron chi connectivity index (χ3n) is 5.09. The highest BCUT2D eigenvalue weighted by molar-refractivity contribution is 7.80. The van der Waals surface area contributed by atoms with E-state index in [4.69, 9.17) is 17.0 Å². The van der Waals surface area contributed by atoms with Crippen molar-refractivity contribution >= 4 is 23.2 Å². The van der Waals surface area contributed by atoms with E-state index in [1.807, 2.05) is 49.5 Å². The van der Waals surface area contributed by atoms with E-state index in [1.54, 1.807) is 13.3 Å². The van der Waals surface area contributed by atoms with E-state index in [0.29, 0.717) is 0 Å². The number of aromatic nitrogens is 1. The number of methoxy groups -OCH3 is 1. The maximum atomic E-state index is 13.0. The summed E-state index contributed by atoms with van der Waals surface area (Å²) in [5.41, 5.74) is 1.79. The summed E-state index contributed by atoms with van der Waals surface area (Å²) in [5.74, 6) is 0.810. The Hall–Kier alpha value is -2.67. The van der Waals surface area contributed by atoms with Crippen LogP contribution in [-0.2, 0) is 4.79 Å². The van der Waals surface area contributed by atoms with Crippen molar-refractivity contribution in [3.63, 3.8) is 0 Å². The number of thiocarbonyl (C=S) groups is 1. The van der Waals surface area contributed by atoms with Gasteiger partial charge in [-0.15, -0.1) is 0 Å². The van der Waals surface area contributed by atoms with Gasteiger partial charge in [-0.3, -0.25) is 9.78 Å². The van der Waals surface area contributed by atoms with E-state index in [2.05, 4.69) is 20.5 Å². The monoisotopic (exact) mass is 398 g/mol. The first-order chi connectivity index (χ1) is 13.6. The minimum atomic E-state index is -0.295. The second-order valence-electron chi connectivity index (χ2n) is 6.79. The SMILES string of the molecule is CNC(=S)N1CCC(C(=O)NC(c2ccc(OC)cc2)c2ccccn2)CC1. The second kappa shape index (κ2) is 9.50. The molecule has 1 saturated heterocycles. The van der Waals surface area contributed by atoms with Gasteiger partial charge in [-0.1, -0.05) is 18.2 Å². The number of amides is 1. The number of hydrogen-bond donors (Lipinski definition) is 2. The standard InChI is InChI=1S/C21H26N4O2S/c1-22-21(28)25-13-10-16(11-14-25)20(26)24-19(18-5-3-4-12-23-18)15-6-8-17(27-2)9-7-15/h3-9,12,16,19H,10-11,13-14H2,1-2H3,(H,22,28)(H,24,26). The zero-order chi connectivity index (χ0) is 19.9. The molecule has 2 N–H and O–H groups in total. The zero-order valence-corrected chi connectivity index (χ0v) is 17.0. The molecular weight excluding hydrogens is 372 g/mol. The first-order valence-electron chi connectivity index (χ1n) is 9.44. The number of nitrogens with zero attached hydrogens (tertiary/aromatic N) is 2. The number of likely N-dealkylation sites (tertiary alicyclic amines) is 1. The molecule has 0 radical (unpaired) electrons. The Bertz CT molecular complexity index is 790. The molecule has 1 atom stereocenters. The van der Waals surface area contributed by atoms with Crippen molar-refractivity contribution in [3.8, 4) is 5.75 Å². The van der Waals surface area contributed by atoms with Crippen LogP contribution in [0.1, 0.15) is 30.1 Å². The van der Waals surface area contributed by atoms with Gasteiger partial charge < -0.3 is 20.3 Å². The molecule has 148 valence electrons. The van der Waals surface area contributed by atoms with Crippen LogP contribution in [-0.4, -0.2) is 48.2 Å². The molecule has 2 heterocycles. The van der Waals surface area contributed by atoms with Gasteiger partial charge in [0.15, 0.2) is 5.11 Å². The van der Waals surface area contributed by atoms with Crippen LogP contribution in [0.15, 0.2) is 48.7 Å². The number of nitrogens with one attached hydrogen (secondary N) is 2. The van der Waals surface area contributed by atoms with Gasteiger partial charge in [0, 0.05) is 32.3 Å². The van der Waals surface area contributed by atoms with Crippen molar-refractivity contribution in [2.24, 2.45) is 5.92 Å². The number of carbonyl (C=O) groups excluding carboxylic acids is 1. The largest absolute Gasteiger partial charge is 0.497 e. The van der Waals surface area contributed by atoms with Crippen molar-refractivity contribution < 1.29 is 9.53 Å². The van der Waals surface area contributed by atoms with Gasteiger partial charge in [0.25, 0.3) is 0 Å². The summed E-state index contributed by atoms with van der Waals surface area (Å²) in [4.78, 5) is 19.6. The van der Waals surface area contributed by atoms with Crippen molar-refractivity contribution in [2.45, 2.75) is 18.9 Å². The molecule has 0 saturated carbocycles. The Morgan fingerprint density at radius 3 is 2.50 bits per heavy atom. The number of pyridine rings is 1. The molecule has 3 rings (SSSR count). The summed E-state index contributed by atoms with van der Waals surface area (Å²) in [7, 11) is 3.46. The molecular formula is C21H26N4O2S. The van der Waals surface area contributed by atoms with E-state index in [-0.39, 0.29) is 17.9 Å².